The summed E-state index contributed by atoms with van der Waals surface area (Å²) in [4.78, 5) is 0. The summed E-state index contributed by atoms with van der Waals surface area (Å²) in [6.07, 6.45) is 0. The number of hydrogen-bond donors (Lipinski definition) is 0. The van der Waals surface area contributed by atoms with E-state index in [-0.39, 0.29) is 0 Å². The van der Waals surface area contributed by atoms with Gasteiger partial charge in [0.05, 0.1) is 23.3 Å². The number of fused-ring (bicyclic) bond motifs is 6. The minimum atomic E-state index is 0.520. The molecule has 0 saturated heterocycles. The minimum absolute atomic E-state index is 0.520. The first-order chi connectivity index (χ1) is 20.7. The van der Waals surface area contributed by atoms with Gasteiger partial charge in [-0.3, -0.25) is 0 Å². The first-order valence-corrected chi connectivity index (χ1v) is 14.4. The van der Waals surface area contributed by atoms with Crippen LogP contribution in [0.2, 0.25) is 0 Å². The smallest absolute Gasteiger partial charge is 0.136 e. The molecule has 2 aromatic heterocycles. The predicted octanol–water partition coefficient (Wildman–Crippen LogP) is 10.7. The number of para-hydroxylation sites is 1. The van der Waals surface area contributed by atoms with Crippen LogP contribution in [0, 0.1) is 22.7 Å². The molecule has 0 aliphatic heterocycles. The second-order valence-corrected chi connectivity index (χ2v) is 11.5. The van der Waals surface area contributed by atoms with Crippen molar-refractivity contribution >= 4 is 53.4 Å². The number of nitrogens with zero attached hydrogens (tertiary/aromatic N) is 2. The van der Waals surface area contributed by atoms with E-state index in [0.717, 1.165) is 55.3 Å². The van der Waals surface area contributed by atoms with E-state index >= 15 is 0 Å². The van der Waals surface area contributed by atoms with Gasteiger partial charge < -0.3 is 4.42 Å². The second kappa shape index (κ2) is 9.46. The normalized spacial score (nSPS) is 11.3. The number of furan rings is 1. The SMILES string of the molecule is N#Cc1ccc(C#N)c(-c2cc(-c3ccc4c(c3)oc3ccccc34)cc(-c3ccc4c(c3)sc3ccccc34)c2)c1. The highest BCUT2D eigenvalue weighted by Crippen LogP contribution is 2.40. The van der Waals surface area contributed by atoms with Crippen LogP contribution in [-0.4, -0.2) is 0 Å². The van der Waals surface area contributed by atoms with Gasteiger partial charge in [0, 0.05) is 36.5 Å². The zero-order chi connectivity index (χ0) is 28.2. The van der Waals surface area contributed by atoms with E-state index in [9.17, 15) is 10.5 Å². The van der Waals surface area contributed by atoms with Crippen LogP contribution in [0.4, 0.5) is 0 Å². The summed E-state index contributed by atoms with van der Waals surface area (Å²) < 4.78 is 8.71. The Bertz CT molecular complexity index is 2320. The van der Waals surface area contributed by atoms with Crippen molar-refractivity contribution in [3.05, 3.63) is 132 Å². The summed E-state index contributed by atoms with van der Waals surface area (Å²) in [6.45, 7) is 0. The van der Waals surface area contributed by atoms with E-state index in [1.807, 2.05) is 18.2 Å². The third-order valence-electron chi connectivity index (χ3n) is 7.94. The van der Waals surface area contributed by atoms with Crippen LogP contribution in [0.1, 0.15) is 11.1 Å². The molecule has 0 unspecified atom stereocenters. The van der Waals surface area contributed by atoms with Gasteiger partial charge in [0.1, 0.15) is 11.2 Å². The molecule has 8 rings (SSSR count). The molecule has 0 N–H and O–H groups in total. The molecule has 42 heavy (non-hydrogen) atoms. The monoisotopic (exact) mass is 552 g/mol. The van der Waals surface area contributed by atoms with E-state index in [0.29, 0.717) is 11.1 Å². The molecule has 0 bridgehead atoms. The summed E-state index contributed by atoms with van der Waals surface area (Å²) in [5, 5.41) is 24.3. The van der Waals surface area contributed by atoms with Gasteiger partial charge >= 0.3 is 0 Å². The Kier molecular flexibility index (Phi) is 5.44. The zero-order valence-electron chi connectivity index (χ0n) is 22.3. The first kappa shape index (κ1) is 24.1. The summed E-state index contributed by atoms with van der Waals surface area (Å²) in [5.74, 6) is 0. The van der Waals surface area contributed by atoms with Crippen LogP contribution in [0.5, 0.6) is 0 Å². The van der Waals surface area contributed by atoms with Crippen LogP contribution in [0.25, 0.3) is 75.5 Å². The number of rotatable bonds is 3. The van der Waals surface area contributed by atoms with Crippen molar-refractivity contribution in [3.63, 3.8) is 0 Å². The highest BCUT2D eigenvalue weighted by molar-refractivity contribution is 7.25. The Labute approximate surface area is 245 Å². The summed E-state index contributed by atoms with van der Waals surface area (Å²) in [5.41, 5.74) is 8.53. The summed E-state index contributed by atoms with van der Waals surface area (Å²) in [6, 6.07) is 45.7. The van der Waals surface area contributed by atoms with E-state index in [4.69, 9.17) is 4.42 Å². The van der Waals surface area contributed by atoms with Crippen molar-refractivity contribution in [2.24, 2.45) is 0 Å². The van der Waals surface area contributed by atoms with E-state index < -0.39 is 0 Å². The van der Waals surface area contributed by atoms with Crippen molar-refractivity contribution in [2.75, 3.05) is 0 Å². The third kappa shape index (κ3) is 3.86. The van der Waals surface area contributed by atoms with Gasteiger partial charge in [-0.25, -0.2) is 0 Å². The Balaban J connectivity index is 1.36. The maximum atomic E-state index is 9.95. The molecule has 194 valence electrons. The van der Waals surface area contributed by atoms with Crippen molar-refractivity contribution in [1.29, 1.82) is 10.5 Å². The topological polar surface area (TPSA) is 60.7 Å². The number of nitriles is 2. The molecule has 6 aromatic carbocycles. The Morgan fingerprint density at radius 2 is 1.14 bits per heavy atom. The number of thiophene rings is 1. The average Bonchev–Trinajstić information content (AvgIpc) is 3.61. The molecule has 0 radical (unpaired) electrons. The molecule has 0 fully saturated rings. The molecule has 0 spiro atoms. The average molecular weight is 553 g/mol. The van der Waals surface area contributed by atoms with Crippen molar-refractivity contribution in [2.45, 2.75) is 0 Å². The quantitative estimate of drug-likeness (QED) is 0.219. The zero-order valence-corrected chi connectivity index (χ0v) is 23.1. The molecule has 3 nitrogen and oxygen atoms in total. The van der Waals surface area contributed by atoms with Crippen LogP contribution in [0.3, 0.4) is 0 Å². The van der Waals surface area contributed by atoms with E-state index in [2.05, 4.69) is 97.1 Å². The van der Waals surface area contributed by atoms with Gasteiger partial charge in [-0.05, 0) is 94.5 Å². The molecular formula is C38H20N2OS. The molecule has 0 atom stereocenters. The minimum Gasteiger partial charge on any atom is -0.456 e. The molecule has 2 heterocycles. The lowest BCUT2D eigenvalue weighted by Gasteiger charge is -2.13. The van der Waals surface area contributed by atoms with Crippen LogP contribution in [-0.2, 0) is 0 Å². The largest absolute Gasteiger partial charge is 0.456 e. The Morgan fingerprint density at radius 3 is 1.95 bits per heavy atom. The van der Waals surface area contributed by atoms with Crippen LogP contribution in [0.15, 0.2) is 126 Å². The predicted molar refractivity (Wildman–Crippen MR) is 172 cm³/mol. The Morgan fingerprint density at radius 1 is 0.476 bits per heavy atom. The van der Waals surface area contributed by atoms with Gasteiger partial charge in [0.2, 0.25) is 0 Å². The highest BCUT2D eigenvalue weighted by atomic mass is 32.1. The standard InChI is InChI=1S/C38H20N2OS/c39-21-23-9-10-26(22-40)34(15-23)29-17-27(24-11-13-31-30-5-1-3-7-35(30)41-36(31)19-24)16-28(18-29)25-12-14-33-32-6-2-4-8-37(32)42-38(33)20-25/h1-20H. The van der Waals surface area contributed by atoms with Gasteiger partial charge in [-0.15, -0.1) is 11.3 Å². The maximum Gasteiger partial charge on any atom is 0.136 e. The fourth-order valence-corrected chi connectivity index (χ4v) is 7.02. The van der Waals surface area contributed by atoms with Gasteiger partial charge in [0.25, 0.3) is 0 Å². The van der Waals surface area contributed by atoms with Crippen molar-refractivity contribution in [3.8, 4) is 45.5 Å². The fraction of sp³-hybridized carbons (Fsp3) is 0. The third-order valence-corrected chi connectivity index (χ3v) is 9.07. The molecule has 0 aliphatic carbocycles. The van der Waals surface area contributed by atoms with Gasteiger partial charge in [0.15, 0.2) is 0 Å². The lowest BCUT2D eigenvalue weighted by atomic mass is 9.90. The van der Waals surface area contributed by atoms with Crippen LogP contribution >= 0.6 is 11.3 Å². The van der Waals surface area contributed by atoms with Gasteiger partial charge in [-0.2, -0.15) is 10.5 Å². The fourth-order valence-electron chi connectivity index (χ4n) is 5.88. The van der Waals surface area contributed by atoms with Crippen molar-refractivity contribution in [1.82, 2.24) is 0 Å². The summed E-state index contributed by atoms with van der Waals surface area (Å²) >= 11 is 1.79. The molecule has 0 aliphatic rings. The number of benzene rings is 6. The maximum absolute atomic E-state index is 9.95. The summed E-state index contributed by atoms with van der Waals surface area (Å²) in [7, 11) is 0. The lowest BCUT2D eigenvalue weighted by Crippen LogP contribution is -1.90. The molecular weight excluding hydrogens is 532 g/mol. The van der Waals surface area contributed by atoms with E-state index in [1.54, 1.807) is 29.5 Å². The first-order valence-electron chi connectivity index (χ1n) is 13.6. The highest BCUT2D eigenvalue weighted by Gasteiger charge is 2.14. The lowest BCUT2D eigenvalue weighted by molar-refractivity contribution is 0.669. The Hall–Kier alpha value is -5.68. The number of hydrogen-bond acceptors (Lipinski definition) is 4. The second-order valence-electron chi connectivity index (χ2n) is 10.4. The van der Waals surface area contributed by atoms with Crippen molar-refractivity contribution < 1.29 is 4.42 Å². The molecule has 8 aromatic rings. The molecule has 0 saturated carbocycles. The molecule has 4 heteroatoms. The van der Waals surface area contributed by atoms with E-state index in [1.165, 1.54) is 20.2 Å². The molecule has 0 amide bonds. The van der Waals surface area contributed by atoms with Crippen LogP contribution < -0.4 is 0 Å². The van der Waals surface area contributed by atoms with Gasteiger partial charge in [-0.1, -0.05) is 54.6 Å².